The number of thioether (sulfide) groups is 1. The number of nitriles is 1. The van der Waals surface area contributed by atoms with Crippen molar-refractivity contribution in [2.24, 2.45) is 0 Å². The van der Waals surface area contributed by atoms with Gasteiger partial charge in [0.05, 0.1) is 12.7 Å². The van der Waals surface area contributed by atoms with Gasteiger partial charge < -0.3 is 15.1 Å². The van der Waals surface area contributed by atoms with Crippen molar-refractivity contribution in [3.63, 3.8) is 0 Å². The summed E-state index contributed by atoms with van der Waals surface area (Å²) in [7, 11) is 0. The summed E-state index contributed by atoms with van der Waals surface area (Å²) in [6, 6.07) is 14.8. The lowest BCUT2D eigenvalue weighted by atomic mass is 10.0. The number of carbonyl (C=O) groups is 1. The van der Waals surface area contributed by atoms with E-state index < -0.39 is 17.8 Å². The molecule has 0 radical (unpaired) electrons. The Morgan fingerprint density at radius 3 is 2.79 bits per heavy atom. The fourth-order valence-corrected chi connectivity index (χ4v) is 4.32. The Morgan fingerprint density at radius 2 is 2.07 bits per heavy atom. The van der Waals surface area contributed by atoms with Crippen molar-refractivity contribution < 1.29 is 15.0 Å². The minimum atomic E-state index is -0.971. The molecule has 0 aliphatic carbocycles. The highest BCUT2D eigenvalue weighted by molar-refractivity contribution is 8.14. The second-order valence-corrected chi connectivity index (χ2v) is 8.43. The van der Waals surface area contributed by atoms with E-state index in [1.54, 1.807) is 6.08 Å². The zero-order chi connectivity index (χ0) is 20.8. The molecule has 152 valence electrons. The molecule has 0 aromatic heterocycles. The van der Waals surface area contributed by atoms with Crippen molar-refractivity contribution in [1.29, 1.82) is 5.26 Å². The Balaban J connectivity index is 1.80. The maximum atomic E-state index is 12.2. The third-order valence-corrected chi connectivity index (χ3v) is 6.28. The van der Waals surface area contributed by atoms with Crippen LogP contribution in [0.25, 0.3) is 16.8 Å². The van der Waals surface area contributed by atoms with Crippen LogP contribution in [0.5, 0.6) is 0 Å². The van der Waals surface area contributed by atoms with E-state index >= 15 is 0 Å². The fraction of sp³-hybridized carbons (Fsp3) is 0.391. The number of aliphatic hydroxyl groups is 2. The lowest BCUT2D eigenvalue weighted by Gasteiger charge is -2.35. The molecule has 1 aliphatic heterocycles. The van der Waals surface area contributed by atoms with E-state index in [-0.39, 0.29) is 11.3 Å². The second kappa shape index (κ2) is 9.93. The number of nitrogens with zero attached hydrogens (tertiary/aromatic N) is 2. The van der Waals surface area contributed by atoms with Crippen molar-refractivity contribution in [1.82, 2.24) is 0 Å². The third kappa shape index (κ3) is 5.39. The molecule has 1 heterocycles. The predicted octanol–water partition coefficient (Wildman–Crippen LogP) is 3.74. The molecule has 0 amide bonds. The summed E-state index contributed by atoms with van der Waals surface area (Å²) in [6.07, 6.45) is 4.34. The van der Waals surface area contributed by atoms with Crippen LogP contribution in [0.4, 0.5) is 5.69 Å². The van der Waals surface area contributed by atoms with Gasteiger partial charge in [-0.05, 0) is 66.8 Å². The van der Waals surface area contributed by atoms with E-state index in [9.17, 15) is 15.2 Å². The van der Waals surface area contributed by atoms with Crippen molar-refractivity contribution >= 4 is 39.4 Å². The number of benzene rings is 2. The number of hydrogen-bond acceptors (Lipinski definition) is 6. The van der Waals surface area contributed by atoms with Gasteiger partial charge in [0.1, 0.15) is 11.6 Å². The summed E-state index contributed by atoms with van der Waals surface area (Å²) in [5.41, 5.74) is 2.04. The van der Waals surface area contributed by atoms with Crippen LogP contribution in [0, 0.1) is 11.3 Å². The van der Waals surface area contributed by atoms with Crippen LogP contribution in [-0.4, -0.2) is 46.4 Å². The zero-order valence-corrected chi connectivity index (χ0v) is 17.4. The molecule has 3 rings (SSSR count). The van der Waals surface area contributed by atoms with Crippen LogP contribution in [0.1, 0.15) is 31.7 Å². The molecule has 0 bridgehead atoms. The van der Waals surface area contributed by atoms with Gasteiger partial charge in [-0.3, -0.25) is 4.79 Å². The number of anilines is 1. The molecule has 1 aliphatic rings. The van der Waals surface area contributed by atoms with Gasteiger partial charge >= 0.3 is 0 Å². The molecule has 2 N–H and O–H groups in total. The molecular formula is C23H26N2O3S. The van der Waals surface area contributed by atoms with E-state index in [0.717, 1.165) is 34.6 Å². The SMILES string of the molecule is CC1CCCCN1c1ccc2cc(/C=C(\C#N)C(=O)SCC(O)CO)ccc2c1. The first-order valence-electron chi connectivity index (χ1n) is 9.90. The second-order valence-electron chi connectivity index (χ2n) is 7.43. The molecular weight excluding hydrogens is 384 g/mol. The van der Waals surface area contributed by atoms with Crippen molar-refractivity contribution in [2.75, 3.05) is 23.8 Å². The first-order chi connectivity index (χ1) is 14.0. The van der Waals surface area contributed by atoms with Gasteiger partial charge in [-0.2, -0.15) is 5.26 Å². The normalized spacial score (nSPS) is 18.5. The highest BCUT2D eigenvalue weighted by Crippen LogP contribution is 2.29. The minimum Gasteiger partial charge on any atom is -0.394 e. The summed E-state index contributed by atoms with van der Waals surface area (Å²) in [6.45, 7) is 2.95. The van der Waals surface area contributed by atoms with Crippen LogP contribution in [-0.2, 0) is 4.79 Å². The molecule has 2 aromatic rings. The number of piperidine rings is 1. The van der Waals surface area contributed by atoms with Crippen LogP contribution in [0.3, 0.4) is 0 Å². The van der Waals surface area contributed by atoms with Gasteiger partial charge in [0.15, 0.2) is 0 Å². The van der Waals surface area contributed by atoms with Crippen LogP contribution in [0.2, 0.25) is 0 Å². The van der Waals surface area contributed by atoms with E-state index in [1.165, 1.54) is 24.9 Å². The van der Waals surface area contributed by atoms with E-state index in [2.05, 4.69) is 30.0 Å². The smallest absolute Gasteiger partial charge is 0.230 e. The first-order valence-corrected chi connectivity index (χ1v) is 10.9. The van der Waals surface area contributed by atoms with Crippen LogP contribution in [0.15, 0.2) is 42.0 Å². The fourth-order valence-electron chi connectivity index (χ4n) is 3.61. The molecule has 29 heavy (non-hydrogen) atoms. The molecule has 0 saturated carbocycles. The summed E-state index contributed by atoms with van der Waals surface area (Å²) in [4.78, 5) is 14.6. The Hall–Kier alpha value is -2.33. The highest BCUT2D eigenvalue weighted by atomic mass is 32.2. The molecule has 0 spiro atoms. The van der Waals surface area contributed by atoms with Gasteiger partial charge in [-0.25, -0.2) is 0 Å². The Bertz CT molecular complexity index is 951. The molecule has 2 atom stereocenters. The standard InChI is InChI=1S/C23H26N2O3S/c1-16-4-2-3-9-25(16)21-8-7-18-10-17(5-6-19(18)12-21)11-20(13-24)23(28)29-15-22(27)14-26/h5-8,10-12,16,22,26-27H,2-4,9,14-15H2,1H3/b20-11+. The maximum absolute atomic E-state index is 12.2. The number of rotatable bonds is 6. The number of hydrogen-bond donors (Lipinski definition) is 2. The molecule has 2 aromatic carbocycles. The number of fused-ring (bicyclic) bond motifs is 1. The van der Waals surface area contributed by atoms with Gasteiger partial charge in [0.25, 0.3) is 0 Å². The lowest BCUT2D eigenvalue weighted by Crippen LogP contribution is -2.37. The van der Waals surface area contributed by atoms with Crippen molar-refractivity contribution in [3.8, 4) is 6.07 Å². The Labute approximate surface area is 175 Å². The average Bonchev–Trinajstić information content (AvgIpc) is 2.75. The van der Waals surface area contributed by atoms with Gasteiger partial charge in [-0.15, -0.1) is 0 Å². The van der Waals surface area contributed by atoms with Crippen molar-refractivity contribution in [3.05, 3.63) is 47.5 Å². The predicted molar refractivity (Wildman–Crippen MR) is 119 cm³/mol. The monoisotopic (exact) mass is 410 g/mol. The zero-order valence-electron chi connectivity index (χ0n) is 16.5. The number of carbonyl (C=O) groups excluding carboxylic acids is 1. The summed E-state index contributed by atoms with van der Waals surface area (Å²) < 4.78 is 0. The molecule has 1 saturated heterocycles. The quantitative estimate of drug-likeness (QED) is 0.557. The van der Waals surface area contributed by atoms with Crippen LogP contribution < -0.4 is 4.90 Å². The molecule has 2 unspecified atom stereocenters. The van der Waals surface area contributed by atoms with Gasteiger partial charge in [-0.1, -0.05) is 30.0 Å². The highest BCUT2D eigenvalue weighted by Gasteiger charge is 2.18. The summed E-state index contributed by atoms with van der Waals surface area (Å²) in [5, 5.41) is 29.3. The minimum absolute atomic E-state index is 0.0262. The topological polar surface area (TPSA) is 84.6 Å². The molecule has 1 fully saturated rings. The average molecular weight is 411 g/mol. The summed E-state index contributed by atoms with van der Waals surface area (Å²) >= 11 is 0.837. The van der Waals surface area contributed by atoms with E-state index in [4.69, 9.17) is 5.11 Å². The van der Waals surface area contributed by atoms with Gasteiger partial charge in [0, 0.05) is 24.0 Å². The largest absolute Gasteiger partial charge is 0.394 e. The Kier molecular flexibility index (Phi) is 7.32. The molecule has 6 heteroatoms. The van der Waals surface area contributed by atoms with Crippen molar-refractivity contribution in [2.45, 2.75) is 38.3 Å². The Morgan fingerprint density at radius 1 is 1.31 bits per heavy atom. The number of aliphatic hydroxyl groups excluding tert-OH is 2. The van der Waals surface area contributed by atoms with E-state index in [1.807, 2.05) is 24.3 Å². The summed E-state index contributed by atoms with van der Waals surface area (Å²) in [5.74, 6) is 0.0593. The lowest BCUT2D eigenvalue weighted by molar-refractivity contribution is -0.107. The first kappa shape index (κ1) is 21.4. The molecule has 5 nitrogen and oxygen atoms in total. The van der Waals surface area contributed by atoms with Gasteiger partial charge in [0.2, 0.25) is 5.12 Å². The third-order valence-electron chi connectivity index (χ3n) is 5.25. The maximum Gasteiger partial charge on any atom is 0.230 e. The van der Waals surface area contributed by atoms with E-state index in [0.29, 0.717) is 6.04 Å². The van der Waals surface area contributed by atoms with Crippen LogP contribution >= 0.6 is 11.8 Å².